The van der Waals surface area contributed by atoms with E-state index in [1.165, 1.54) is 0 Å². The number of hydrogen-bond donors (Lipinski definition) is 2. The first-order chi connectivity index (χ1) is 10.5. The van der Waals surface area contributed by atoms with E-state index in [0.29, 0.717) is 17.2 Å². The van der Waals surface area contributed by atoms with Crippen LogP contribution in [0.3, 0.4) is 0 Å². The van der Waals surface area contributed by atoms with E-state index in [4.69, 9.17) is 12.2 Å². The van der Waals surface area contributed by atoms with Gasteiger partial charge in [0.2, 0.25) is 0 Å². The predicted molar refractivity (Wildman–Crippen MR) is 92.1 cm³/mol. The molecule has 0 aliphatic heterocycles. The fraction of sp³-hybridized carbons (Fsp3) is 0.312. The lowest BCUT2D eigenvalue weighted by Crippen LogP contribution is -2.28. The second kappa shape index (κ2) is 7.17. The normalized spacial score (nSPS) is 10.3. The smallest absolute Gasteiger partial charge is 0.171 e. The van der Waals surface area contributed by atoms with E-state index < -0.39 is 0 Å². The molecule has 0 atom stereocenters. The van der Waals surface area contributed by atoms with E-state index in [-0.39, 0.29) is 5.78 Å². The molecule has 0 saturated carbocycles. The Morgan fingerprint density at radius 3 is 2.82 bits per heavy atom. The van der Waals surface area contributed by atoms with Gasteiger partial charge in [-0.1, -0.05) is 12.1 Å². The molecule has 2 N–H and O–H groups in total. The number of hydrogen-bond acceptors (Lipinski definition) is 3. The van der Waals surface area contributed by atoms with Crippen molar-refractivity contribution in [2.45, 2.75) is 33.9 Å². The highest BCUT2D eigenvalue weighted by atomic mass is 32.1. The van der Waals surface area contributed by atoms with Crippen LogP contribution in [-0.2, 0) is 13.1 Å². The first kappa shape index (κ1) is 16.2. The SMILES string of the molecule is CCn1cc(CNC(=S)Nc2cccc(C(C)=O)c2)c(C)n1. The highest BCUT2D eigenvalue weighted by molar-refractivity contribution is 7.80. The second-order valence-corrected chi connectivity index (χ2v) is 5.45. The molecule has 1 heterocycles. The first-order valence-corrected chi connectivity index (χ1v) is 7.59. The van der Waals surface area contributed by atoms with Crippen molar-refractivity contribution in [2.24, 2.45) is 0 Å². The Bertz CT molecular complexity index is 693. The van der Waals surface area contributed by atoms with Gasteiger partial charge in [-0.3, -0.25) is 9.48 Å². The summed E-state index contributed by atoms with van der Waals surface area (Å²) in [5, 5.41) is 11.2. The molecule has 0 fully saturated rings. The number of nitrogens with one attached hydrogen (secondary N) is 2. The van der Waals surface area contributed by atoms with Crippen molar-refractivity contribution in [2.75, 3.05) is 5.32 Å². The predicted octanol–water partition coefficient (Wildman–Crippen LogP) is 2.90. The molecule has 0 unspecified atom stereocenters. The highest BCUT2D eigenvalue weighted by Crippen LogP contribution is 2.11. The number of carbonyl (C=O) groups excluding carboxylic acids is 1. The molecule has 116 valence electrons. The van der Waals surface area contributed by atoms with Gasteiger partial charge >= 0.3 is 0 Å². The van der Waals surface area contributed by atoms with E-state index >= 15 is 0 Å². The summed E-state index contributed by atoms with van der Waals surface area (Å²) in [6.45, 7) is 7.04. The summed E-state index contributed by atoms with van der Waals surface area (Å²) in [7, 11) is 0. The lowest BCUT2D eigenvalue weighted by atomic mass is 10.1. The fourth-order valence-corrected chi connectivity index (χ4v) is 2.25. The Balaban J connectivity index is 1.94. The lowest BCUT2D eigenvalue weighted by Gasteiger charge is -2.10. The molecule has 0 radical (unpaired) electrons. The van der Waals surface area contributed by atoms with Gasteiger partial charge in [0, 0.05) is 36.1 Å². The van der Waals surface area contributed by atoms with Crippen molar-refractivity contribution >= 4 is 28.8 Å². The Hall–Kier alpha value is -2.21. The van der Waals surface area contributed by atoms with Crippen LogP contribution in [0.5, 0.6) is 0 Å². The molecule has 0 saturated heterocycles. The number of aromatic nitrogens is 2. The van der Waals surface area contributed by atoms with Crippen LogP contribution in [-0.4, -0.2) is 20.7 Å². The number of thiocarbonyl (C=S) groups is 1. The lowest BCUT2D eigenvalue weighted by molar-refractivity contribution is 0.101. The summed E-state index contributed by atoms with van der Waals surface area (Å²) in [6, 6.07) is 7.28. The summed E-state index contributed by atoms with van der Waals surface area (Å²) < 4.78 is 1.90. The zero-order chi connectivity index (χ0) is 16.1. The minimum absolute atomic E-state index is 0.0325. The number of Topliss-reactive ketones (excluding diaryl/α,β-unsaturated/α-hetero) is 1. The standard InChI is InChI=1S/C16H20N4OS/c1-4-20-10-14(11(2)19-20)9-17-16(22)18-15-7-5-6-13(8-15)12(3)21/h5-8,10H,4,9H2,1-3H3,(H2,17,18,22). The van der Waals surface area contributed by atoms with Gasteiger partial charge in [0.25, 0.3) is 0 Å². The number of rotatable bonds is 5. The summed E-state index contributed by atoms with van der Waals surface area (Å²) in [5.74, 6) is 0.0325. The van der Waals surface area contributed by atoms with Gasteiger partial charge in [0.05, 0.1) is 5.69 Å². The number of aryl methyl sites for hydroxylation is 2. The average molecular weight is 316 g/mol. The monoisotopic (exact) mass is 316 g/mol. The number of anilines is 1. The number of benzene rings is 1. The van der Waals surface area contributed by atoms with E-state index in [1.807, 2.05) is 29.9 Å². The second-order valence-electron chi connectivity index (χ2n) is 5.04. The zero-order valence-corrected chi connectivity index (χ0v) is 13.8. The molecule has 0 amide bonds. The quantitative estimate of drug-likeness (QED) is 0.656. The Labute approximate surface area is 135 Å². The molecule has 22 heavy (non-hydrogen) atoms. The molecule has 1 aromatic heterocycles. The van der Waals surface area contributed by atoms with Gasteiger partial charge in [-0.15, -0.1) is 0 Å². The van der Waals surface area contributed by atoms with Gasteiger partial charge in [-0.2, -0.15) is 5.10 Å². The van der Waals surface area contributed by atoms with Crippen LogP contribution in [0.25, 0.3) is 0 Å². The maximum Gasteiger partial charge on any atom is 0.171 e. The maximum atomic E-state index is 11.4. The fourth-order valence-electron chi connectivity index (χ4n) is 2.06. The molecule has 0 spiro atoms. The van der Waals surface area contributed by atoms with Crippen LogP contribution in [0.4, 0.5) is 5.69 Å². The third kappa shape index (κ3) is 4.14. The van der Waals surface area contributed by atoms with E-state index in [2.05, 4.69) is 22.7 Å². The van der Waals surface area contributed by atoms with Crippen LogP contribution < -0.4 is 10.6 Å². The van der Waals surface area contributed by atoms with Gasteiger partial charge < -0.3 is 10.6 Å². The zero-order valence-electron chi connectivity index (χ0n) is 13.0. The molecule has 0 bridgehead atoms. The molecule has 0 aliphatic carbocycles. The molecule has 6 heteroatoms. The Morgan fingerprint density at radius 2 is 2.18 bits per heavy atom. The Morgan fingerprint density at radius 1 is 1.41 bits per heavy atom. The molecule has 0 aliphatic rings. The summed E-state index contributed by atoms with van der Waals surface area (Å²) in [4.78, 5) is 11.4. The van der Waals surface area contributed by atoms with Gasteiger partial charge in [-0.25, -0.2) is 0 Å². The molecule has 5 nitrogen and oxygen atoms in total. The first-order valence-electron chi connectivity index (χ1n) is 7.18. The summed E-state index contributed by atoms with van der Waals surface area (Å²) in [5.41, 5.74) is 3.57. The summed E-state index contributed by atoms with van der Waals surface area (Å²) >= 11 is 5.29. The number of ketones is 1. The van der Waals surface area contributed by atoms with Crippen molar-refractivity contribution in [3.8, 4) is 0 Å². The van der Waals surface area contributed by atoms with Crippen LogP contribution in [0.1, 0.15) is 35.5 Å². The summed E-state index contributed by atoms with van der Waals surface area (Å²) in [6.07, 6.45) is 2.02. The number of carbonyl (C=O) groups is 1. The molecule has 2 rings (SSSR count). The minimum atomic E-state index is 0.0325. The van der Waals surface area contributed by atoms with Gasteiger partial charge in [-0.05, 0) is 45.1 Å². The molecule has 2 aromatic rings. The molecule has 1 aromatic carbocycles. The minimum Gasteiger partial charge on any atom is -0.358 e. The van der Waals surface area contributed by atoms with Gasteiger partial charge in [0.15, 0.2) is 10.9 Å². The van der Waals surface area contributed by atoms with E-state index in [1.54, 1.807) is 19.1 Å². The highest BCUT2D eigenvalue weighted by Gasteiger charge is 2.06. The van der Waals surface area contributed by atoms with Crippen molar-refractivity contribution in [3.63, 3.8) is 0 Å². The molecular weight excluding hydrogens is 296 g/mol. The third-order valence-corrected chi connectivity index (χ3v) is 3.58. The maximum absolute atomic E-state index is 11.4. The number of nitrogens with zero attached hydrogens (tertiary/aromatic N) is 2. The Kier molecular flexibility index (Phi) is 5.27. The van der Waals surface area contributed by atoms with Crippen molar-refractivity contribution < 1.29 is 4.79 Å². The topological polar surface area (TPSA) is 59.0 Å². The van der Waals surface area contributed by atoms with Crippen molar-refractivity contribution in [3.05, 3.63) is 47.3 Å². The van der Waals surface area contributed by atoms with E-state index in [0.717, 1.165) is 23.5 Å². The average Bonchev–Trinajstić information content (AvgIpc) is 2.86. The van der Waals surface area contributed by atoms with Crippen LogP contribution in [0.15, 0.2) is 30.5 Å². The third-order valence-electron chi connectivity index (χ3n) is 3.34. The molecular formula is C16H20N4OS. The van der Waals surface area contributed by atoms with Crippen molar-refractivity contribution in [1.82, 2.24) is 15.1 Å². The van der Waals surface area contributed by atoms with Gasteiger partial charge in [0.1, 0.15) is 0 Å². The van der Waals surface area contributed by atoms with Crippen LogP contribution in [0, 0.1) is 6.92 Å². The largest absolute Gasteiger partial charge is 0.358 e. The van der Waals surface area contributed by atoms with E-state index in [9.17, 15) is 4.79 Å². The van der Waals surface area contributed by atoms with Crippen molar-refractivity contribution in [1.29, 1.82) is 0 Å². The van der Waals surface area contributed by atoms with Crippen LogP contribution >= 0.6 is 12.2 Å². The van der Waals surface area contributed by atoms with Crippen LogP contribution in [0.2, 0.25) is 0 Å².